The van der Waals surface area contributed by atoms with Gasteiger partial charge < -0.3 is 5.41 Å². The summed E-state index contributed by atoms with van der Waals surface area (Å²) in [5, 5.41) is 7.11. The van der Waals surface area contributed by atoms with Gasteiger partial charge in [-0.1, -0.05) is 5.92 Å². The number of carbonyl (C=O) groups excluding carboxylic acids is 1. The van der Waals surface area contributed by atoms with Gasteiger partial charge in [-0.05, 0) is 13.0 Å². The molecule has 5 nitrogen and oxygen atoms in total. The number of terminal acetylenes is 1. The van der Waals surface area contributed by atoms with Crippen molar-refractivity contribution in [2.45, 2.75) is 20.3 Å². The van der Waals surface area contributed by atoms with Crippen molar-refractivity contribution in [1.29, 1.82) is 5.41 Å². The average molecular weight is 228 g/mol. The molecule has 0 aliphatic carbocycles. The van der Waals surface area contributed by atoms with E-state index in [4.69, 9.17) is 11.8 Å². The number of nitrogens with one attached hydrogen (secondary N) is 2. The van der Waals surface area contributed by atoms with Crippen molar-refractivity contribution in [3.63, 3.8) is 0 Å². The van der Waals surface area contributed by atoms with E-state index in [-0.39, 0.29) is 17.0 Å². The van der Waals surface area contributed by atoms with Gasteiger partial charge in [-0.15, -0.1) is 6.42 Å². The number of sulfonamides is 1. The van der Waals surface area contributed by atoms with Crippen molar-refractivity contribution in [2.24, 2.45) is 0 Å². The summed E-state index contributed by atoms with van der Waals surface area (Å²) >= 11 is 0. The van der Waals surface area contributed by atoms with Gasteiger partial charge >= 0.3 is 0 Å². The Balaban J connectivity index is 4.99. The Hall–Kier alpha value is -1.61. The molecular weight excluding hydrogens is 216 g/mol. The third-order valence-corrected chi connectivity index (χ3v) is 2.72. The molecule has 0 rings (SSSR count). The minimum absolute atomic E-state index is 0.137. The highest BCUT2D eigenvalue weighted by molar-refractivity contribution is 7.94. The highest BCUT2D eigenvalue weighted by Crippen LogP contribution is 2.04. The zero-order valence-electron chi connectivity index (χ0n) is 8.49. The van der Waals surface area contributed by atoms with E-state index in [2.05, 4.69) is 0 Å². The molecule has 0 fully saturated rings. The topological polar surface area (TPSA) is 87.1 Å². The fourth-order valence-corrected chi connectivity index (χ4v) is 1.68. The fraction of sp³-hybridized carbons (Fsp3) is 0.333. The molecule has 1 amide bonds. The van der Waals surface area contributed by atoms with E-state index in [9.17, 15) is 13.2 Å². The predicted molar refractivity (Wildman–Crippen MR) is 57.7 cm³/mol. The van der Waals surface area contributed by atoms with Crippen LogP contribution in [0.15, 0.2) is 11.0 Å². The molecule has 0 saturated heterocycles. The van der Waals surface area contributed by atoms with Crippen molar-refractivity contribution in [3.8, 4) is 12.3 Å². The van der Waals surface area contributed by atoms with Crippen LogP contribution in [-0.2, 0) is 14.8 Å². The molecule has 0 aromatic heterocycles. The van der Waals surface area contributed by atoms with Crippen molar-refractivity contribution in [2.75, 3.05) is 0 Å². The zero-order chi connectivity index (χ0) is 12.1. The first-order valence-electron chi connectivity index (χ1n) is 4.03. The van der Waals surface area contributed by atoms with Crippen molar-refractivity contribution >= 4 is 21.6 Å². The number of hydrogen-bond donors (Lipinski definition) is 2. The van der Waals surface area contributed by atoms with E-state index >= 15 is 0 Å². The molecule has 2 N–H and O–H groups in total. The van der Waals surface area contributed by atoms with E-state index in [0.717, 1.165) is 6.92 Å². The molecule has 0 saturated carbocycles. The Morgan fingerprint density at radius 3 is 2.40 bits per heavy atom. The minimum Gasteiger partial charge on any atom is -0.310 e. The van der Waals surface area contributed by atoms with Gasteiger partial charge in [0, 0.05) is 19.1 Å². The van der Waals surface area contributed by atoms with Crippen LogP contribution in [0, 0.1) is 17.8 Å². The molecule has 0 spiro atoms. The molecule has 0 aliphatic heterocycles. The summed E-state index contributed by atoms with van der Waals surface area (Å²) in [7, 11) is -3.94. The number of rotatable bonds is 4. The fourth-order valence-electron chi connectivity index (χ4n) is 0.736. The molecule has 0 aromatic carbocycles. The molecule has 0 atom stereocenters. The number of hydrogen-bond acceptors (Lipinski definition) is 4. The smallest absolute Gasteiger partial charge is 0.271 e. The lowest BCUT2D eigenvalue weighted by Crippen LogP contribution is -2.29. The van der Waals surface area contributed by atoms with Crippen LogP contribution in [0.5, 0.6) is 0 Å². The number of amides is 1. The standard InChI is InChI=1S/C9H12N2O3S/c1-4-9(6-5-7(2)10)15(13,14)11-8(3)12/h1,6,10H,5H2,2-3H3,(H,11,12)/b9-6+,10-7?. The Morgan fingerprint density at radius 2 is 2.07 bits per heavy atom. The summed E-state index contributed by atoms with van der Waals surface area (Å²) in [6.07, 6.45) is 6.35. The van der Waals surface area contributed by atoms with Gasteiger partial charge in [0.1, 0.15) is 4.91 Å². The Labute approximate surface area is 89.1 Å². The first-order valence-corrected chi connectivity index (χ1v) is 5.52. The van der Waals surface area contributed by atoms with Gasteiger partial charge in [0.2, 0.25) is 5.91 Å². The Kier molecular flexibility index (Phi) is 4.74. The van der Waals surface area contributed by atoms with Crippen LogP contribution in [-0.4, -0.2) is 20.0 Å². The lowest BCUT2D eigenvalue weighted by molar-refractivity contribution is -0.117. The largest absolute Gasteiger partial charge is 0.310 e. The van der Waals surface area contributed by atoms with E-state index in [0.29, 0.717) is 0 Å². The lowest BCUT2D eigenvalue weighted by Gasteiger charge is -2.03. The molecule has 0 unspecified atom stereocenters. The first kappa shape index (κ1) is 13.4. The SMILES string of the molecule is C#C/C(=C\CC(C)=N)S(=O)(=O)NC(C)=O. The maximum absolute atomic E-state index is 11.4. The summed E-state index contributed by atoms with van der Waals surface area (Å²) in [4.78, 5) is 10.3. The Bertz CT molecular complexity index is 440. The lowest BCUT2D eigenvalue weighted by atomic mass is 10.3. The highest BCUT2D eigenvalue weighted by Gasteiger charge is 2.16. The van der Waals surface area contributed by atoms with E-state index in [1.165, 1.54) is 13.0 Å². The molecule has 0 heterocycles. The molecule has 15 heavy (non-hydrogen) atoms. The van der Waals surface area contributed by atoms with Crippen LogP contribution in [0.1, 0.15) is 20.3 Å². The second kappa shape index (κ2) is 5.32. The maximum Gasteiger partial charge on any atom is 0.271 e. The van der Waals surface area contributed by atoms with E-state index in [1.54, 1.807) is 4.72 Å². The molecule has 0 aromatic rings. The van der Waals surface area contributed by atoms with Crippen LogP contribution in [0.25, 0.3) is 0 Å². The molecule has 0 bridgehead atoms. The summed E-state index contributed by atoms with van der Waals surface area (Å²) in [6.45, 7) is 2.60. The molecule has 0 aliphatic rings. The molecular formula is C9H12N2O3S. The van der Waals surface area contributed by atoms with Gasteiger partial charge in [-0.2, -0.15) is 0 Å². The maximum atomic E-state index is 11.4. The summed E-state index contributed by atoms with van der Waals surface area (Å²) in [6, 6.07) is 0. The number of allylic oxidation sites excluding steroid dienone is 2. The number of carbonyl (C=O) groups is 1. The van der Waals surface area contributed by atoms with Gasteiger partial charge in [-0.3, -0.25) is 4.79 Å². The van der Waals surface area contributed by atoms with Gasteiger partial charge in [0.25, 0.3) is 10.0 Å². The second-order valence-corrected chi connectivity index (χ2v) is 4.51. The third kappa shape index (κ3) is 4.98. The second-order valence-electron chi connectivity index (χ2n) is 2.86. The van der Waals surface area contributed by atoms with Crippen molar-refractivity contribution in [3.05, 3.63) is 11.0 Å². The molecule has 6 heteroatoms. The highest BCUT2D eigenvalue weighted by atomic mass is 32.2. The van der Waals surface area contributed by atoms with Gasteiger partial charge in [0.15, 0.2) is 0 Å². The minimum atomic E-state index is -3.94. The normalized spacial score (nSPS) is 11.7. The van der Waals surface area contributed by atoms with Crippen LogP contribution < -0.4 is 4.72 Å². The van der Waals surface area contributed by atoms with E-state index in [1.807, 2.05) is 5.92 Å². The van der Waals surface area contributed by atoms with E-state index < -0.39 is 15.9 Å². The van der Waals surface area contributed by atoms with Crippen molar-refractivity contribution in [1.82, 2.24) is 4.72 Å². The monoisotopic (exact) mass is 228 g/mol. The predicted octanol–water partition coefficient (Wildman–Crippen LogP) is 0.399. The summed E-state index contributed by atoms with van der Waals surface area (Å²) in [5.41, 5.74) is 0.278. The van der Waals surface area contributed by atoms with Crippen molar-refractivity contribution < 1.29 is 13.2 Å². The van der Waals surface area contributed by atoms with Crippen LogP contribution in [0.3, 0.4) is 0 Å². The van der Waals surface area contributed by atoms with Crippen LogP contribution in [0.4, 0.5) is 0 Å². The summed E-state index contributed by atoms with van der Waals surface area (Å²) < 4.78 is 24.5. The average Bonchev–Trinajstić information content (AvgIpc) is 2.01. The summed E-state index contributed by atoms with van der Waals surface area (Å²) in [5.74, 6) is 1.26. The van der Waals surface area contributed by atoms with Gasteiger partial charge in [-0.25, -0.2) is 13.1 Å². The van der Waals surface area contributed by atoms with Crippen LogP contribution >= 0.6 is 0 Å². The Morgan fingerprint density at radius 1 is 1.53 bits per heavy atom. The van der Waals surface area contributed by atoms with Crippen LogP contribution in [0.2, 0.25) is 0 Å². The zero-order valence-corrected chi connectivity index (χ0v) is 9.31. The van der Waals surface area contributed by atoms with Gasteiger partial charge in [0.05, 0.1) is 0 Å². The quantitative estimate of drug-likeness (QED) is 0.539. The molecule has 0 radical (unpaired) electrons. The third-order valence-electron chi connectivity index (χ3n) is 1.30. The molecule has 82 valence electrons. The first-order chi connectivity index (χ1) is 6.79.